The number of ether oxygens (including phenoxy) is 1. The highest BCUT2D eigenvalue weighted by molar-refractivity contribution is 9.10. The molecule has 1 aromatic heterocycles. The summed E-state index contributed by atoms with van der Waals surface area (Å²) in [6.07, 6.45) is 3.53. The second kappa shape index (κ2) is 6.13. The zero-order valence-electron chi connectivity index (χ0n) is 11.5. The van der Waals surface area contributed by atoms with E-state index < -0.39 is 10.7 Å². The quantitative estimate of drug-likeness (QED) is 0.657. The zero-order chi connectivity index (χ0) is 15.7. The molecule has 0 saturated carbocycles. The monoisotopic (exact) mass is 369 g/mol. The van der Waals surface area contributed by atoms with Gasteiger partial charge in [0.2, 0.25) is 0 Å². The Balaban J connectivity index is 2.03. The number of nitrogens with zero attached hydrogens (tertiary/aromatic N) is 2. The van der Waals surface area contributed by atoms with Crippen LogP contribution < -0.4 is 5.32 Å². The average Bonchev–Trinajstić information content (AvgIpc) is 2.99. The van der Waals surface area contributed by atoms with Gasteiger partial charge in [0.15, 0.2) is 0 Å². The fourth-order valence-electron chi connectivity index (χ4n) is 2.59. The van der Waals surface area contributed by atoms with Crippen LogP contribution in [-0.4, -0.2) is 29.2 Å². The van der Waals surface area contributed by atoms with Crippen molar-refractivity contribution in [1.29, 1.82) is 0 Å². The standard InChI is InChI=1S/C14H13BrFN3O3/c15-11-7-18-14(17-6-9-2-1-3-22-9)10-4-8(16)5-12(13(10)11)19(20)21/h4-5,7,9H,1-3,6H2,(H,17,18). The molecule has 8 heteroatoms. The van der Waals surface area contributed by atoms with E-state index in [2.05, 4.69) is 26.2 Å². The Morgan fingerprint density at radius 1 is 1.55 bits per heavy atom. The largest absolute Gasteiger partial charge is 0.376 e. The number of hydrogen-bond donors (Lipinski definition) is 1. The third kappa shape index (κ3) is 2.89. The number of rotatable bonds is 4. The molecule has 2 heterocycles. The van der Waals surface area contributed by atoms with Crippen molar-refractivity contribution in [3.8, 4) is 0 Å². The Hall–Kier alpha value is -1.80. The van der Waals surface area contributed by atoms with Gasteiger partial charge in [-0.05, 0) is 34.8 Å². The number of benzene rings is 1. The number of halogens is 2. The molecule has 116 valence electrons. The fraction of sp³-hybridized carbons (Fsp3) is 0.357. The number of hydrogen-bond acceptors (Lipinski definition) is 5. The Bertz CT molecular complexity index is 735. The van der Waals surface area contributed by atoms with Crippen molar-refractivity contribution < 1.29 is 14.1 Å². The van der Waals surface area contributed by atoms with Crippen LogP contribution in [0.2, 0.25) is 0 Å². The lowest BCUT2D eigenvalue weighted by atomic mass is 10.1. The first-order valence-corrected chi connectivity index (χ1v) is 7.63. The zero-order valence-corrected chi connectivity index (χ0v) is 13.1. The number of aromatic nitrogens is 1. The first kappa shape index (κ1) is 15.1. The van der Waals surface area contributed by atoms with E-state index >= 15 is 0 Å². The Morgan fingerprint density at radius 2 is 2.36 bits per heavy atom. The van der Waals surface area contributed by atoms with Gasteiger partial charge in [-0.25, -0.2) is 9.37 Å². The Labute approximate surface area is 134 Å². The molecule has 1 aromatic carbocycles. The molecule has 0 bridgehead atoms. The summed E-state index contributed by atoms with van der Waals surface area (Å²) < 4.78 is 19.7. The molecule has 0 amide bonds. The smallest absolute Gasteiger partial charge is 0.281 e. The van der Waals surface area contributed by atoms with Crippen LogP contribution in [0.15, 0.2) is 22.8 Å². The summed E-state index contributed by atoms with van der Waals surface area (Å²) in [6, 6.07) is 2.16. The highest BCUT2D eigenvalue weighted by Gasteiger charge is 2.21. The van der Waals surface area contributed by atoms with Gasteiger partial charge in [0.1, 0.15) is 11.6 Å². The van der Waals surface area contributed by atoms with Crippen LogP contribution in [0.25, 0.3) is 10.8 Å². The van der Waals surface area contributed by atoms with Crippen molar-refractivity contribution in [2.75, 3.05) is 18.5 Å². The van der Waals surface area contributed by atoms with Crippen molar-refractivity contribution in [3.05, 3.63) is 38.7 Å². The summed E-state index contributed by atoms with van der Waals surface area (Å²) in [5.41, 5.74) is -0.288. The molecule has 1 fully saturated rings. The van der Waals surface area contributed by atoms with E-state index in [-0.39, 0.29) is 11.8 Å². The predicted molar refractivity (Wildman–Crippen MR) is 83.5 cm³/mol. The maximum Gasteiger partial charge on any atom is 0.281 e. The van der Waals surface area contributed by atoms with Crippen LogP contribution in [0, 0.1) is 15.9 Å². The molecule has 6 nitrogen and oxygen atoms in total. The SMILES string of the molecule is O=[N+]([O-])c1cc(F)cc2c(NCC3CCCO3)ncc(Br)c12. The number of nitro benzene ring substituents is 1. The molecule has 1 aliphatic rings. The van der Waals surface area contributed by atoms with Crippen LogP contribution in [-0.2, 0) is 4.74 Å². The Morgan fingerprint density at radius 3 is 3.05 bits per heavy atom. The minimum atomic E-state index is -0.667. The van der Waals surface area contributed by atoms with Crippen molar-refractivity contribution in [2.24, 2.45) is 0 Å². The van der Waals surface area contributed by atoms with E-state index in [0.717, 1.165) is 25.5 Å². The molecule has 1 N–H and O–H groups in total. The van der Waals surface area contributed by atoms with Gasteiger partial charge in [-0.2, -0.15) is 0 Å². The van der Waals surface area contributed by atoms with Crippen molar-refractivity contribution in [2.45, 2.75) is 18.9 Å². The minimum Gasteiger partial charge on any atom is -0.376 e. The van der Waals surface area contributed by atoms with Crippen molar-refractivity contribution in [3.63, 3.8) is 0 Å². The maximum atomic E-state index is 13.7. The molecule has 0 radical (unpaired) electrons. The summed E-state index contributed by atoms with van der Waals surface area (Å²) >= 11 is 3.25. The summed E-state index contributed by atoms with van der Waals surface area (Å²) in [5.74, 6) is -0.254. The molecule has 0 spiro atoms. The van der Waals surface area contributed by atoms with E-state index in [1.54, 1.807) is 0 Å². The summed E-state index contributed by atoms with van der Waals surface area (Å²) in [7, 11) is 0. The van der Waals surface area contributed by atoms with Crippen LogP contribution >= 0.6 is 15.9 Å². The average molecular weight is 370 g/mol. The van der Waals surface area contributed by atoms with Crippen LogP contribution in [0.3, 0.4) is 0 Å². The van der Waals surface area contributed by atoms with Crippen LogP contribution in [0.1, 0.15) is 12.8 Å². The van der Waals surface area contributed by atoms with Gasteiger partial charge in [0.05, 0.1) is 27.0 Å². The van der Waals surface area contributed by atoms with E-state index in [0.29, 0.717) is 27.6 Å². The second-order valence-electron chi connectivity index (χ2n) is 5.08. The minimum absolute atomic E-state index is 0.0871. The lowest BCUT2D eigenvalue weighted by Gasteiger charge is -2.13. The molecular weight excluding hydrogens is 357 g/mol. The summed E-state index contributed by atoms with van der Waals surface area (Å²) in [5, 5.41) is 15.0. The van der Waals surface area contributed by atoms with E-state index in [4.69, 9.17) is 4.74 Å². The highest BCUT2D eigenvalue weighted by atomic mass is 79.9. The molecule has 0 aliphatic carbocycles. The third-order valence-electron chi connectivity index (χ3n) is 3.60. The molecule has 1 unspecified atom stereocenters. The molecule has 2 aromatic rings. The molecule has 1 saturated heterocycles. The Kier molecular flexibility index (Phi) is 4.21. The van der Waals surface area contributed by atoms with E-state index in [1.807, 2.05) is 0 Å². The summed E-state index contributed by atoms with van der Waals surface area (Å²) in [4.78, 5) is 14.8. The van der Waals surface area contributed by atoms with Gasteiger partial charge in [0, 0.05) is 24.7 Å². The van der Waals surface area contributed by atoms with Gasteiger partial charge in [-0.15, -0.1) is 0 Å². The molecule has 3 rings (SSSR count). The number of fused-ring (bicyclic) bond motifs is 1. The number of non-ortho nitro benzene ring substituents is 1. The van der Waals surface area contributed by atoms with Gasteiger partial charge in [-0.3, -0.25) is 10.1 Å². The molecule has 22 heavy (non-hydrogen) atoms. The van der Waals surface area contributed by atoms with Crippen LogP contribution in [0.4, 0.5) is 15.9 Å². The van der Waals surface area contributed by atoms with Gasteiger partial charge < -0.3 is 10.1 Å². The molecule has 1 aliphatic heterocycles. The normalized spacial score (nSPS) is 17.8. The number of nitro groups is 1. The van der Waals surface area contributed by atoms with E-state index in [9.17, 15) is 14.5 Å². The van der Waals surface area contributed by atoms with Gasteiger partial charge in [-0.1, -0.05) is 0 Å². The fourth-order valence-corrected chi connectivity index (χ4v) is 3.11. The number of pyridine rings is 1. The van der Waals surface area contributed by atoms with Crippen LogP contribution in [0.5, 0.6) is 0 Å². The molecule has 1 atom stereocenters. The highest BCUT2D eigenvalue weighted by Crippen LogP contribution is 2.36. The lowest BCUT2D eigenvalue weighted by molar-refractivity contribution is -0.383. The first-order chi connectivity index (χ1) is 10.6. The maximum absolute atomic E-state index is 13.7. The topological polar surface area (TPSA) is 77.3 Å². The molecular formula is C14H13BrFN3O3. The first-order valence-electron chi connectivity index (χ1n) is 6.84. The van der Waals surface area contributed by atoms with Gasteiger partial charge in [0.25, 0.3) is 5.69 Å². The number of nitrogens with one attached hydrogen (secondary N) is 1. The number of anilines is 1. The van der Waals surface area contributed by atoms with Gasteiger partial charge >= 0.3 is 0 Å². The van der Waals surface area contributed by atoms with E-state index in [1.165, 1.54) is 12.3 Å². The summed E-state index contributed by atoms with van der Waals surface area (Å²) in [6.45, 7) is 1.27. The second-order valence-corrected chi connectivity index (χ2v) is 5.93. The van der Waals surface area contributed by atoms with Crippen molar-refractivity contribution >= 4 is 38.2 Å². The predicted octanol–water partition coefficient (Wildman–Crippen LogP) is 3.64. The third-order valence-corrected chi connectivity index (χ3v) is 4.20. The lowest BCUT2D eigenvalue weighted by Crippen LogP contribution is -2.19. The van der Waals surface area contributed by atoms with Crippen molar-refractivity contribution in [1.82, 2.24) is 4.98 Å².